The first-order valence-electron chi connectivity index (χ1n) is 5.68. The van der Waals surface area contributed by atoms with Crippen molar-refractivity contribution in [2.75, 3.05) is 0 Å². The van der Waals surface area contributed by atoms with Crippen molar-refractivity contribution in [1.29, 1.82) is 0 Å². The monoisotopic (exact) mass is 500 g/mol. The Morgan fingerprint density at radius 2 is 0.655 bits per heavy atom. The minimum Gasteiger partial charge on any atom is -0.285 e. The van der Waals surface area contributed by atoms with Crippen molar-refractivity contribution >= 4 is 10.1 Å². The smallest absolute Gasteiger partial charge is 0.285 e. The van der Waals surface area contributed by atoms with Gasteiger partial charge in [0.15, 0.2) is 0 Å². The lowest BCUT2D eigenvalue weighted by Gasteiger charge is -2.50. The van der Waals surface area contributed by atoms with Crippen molar-refractivity contribution in [3.05, 3.63) is 0 Å². The van der Waals surface area contributed by atoms with E-state index < -0.39 is 57.1 Å². The summed E-state index contributed by atoms with van der Waals surface area (Å²) in [5, 5.41) is 0. The molecule has 0 amide bonds. The maximum atomic E-state index is 13.9. The molecule has 29 heavy (non-hydrogen) atoms. The minimum atomic E-state index is -9.29. The molecule has 0 bridgehead atoms. The summed E-state index contributed by atoms with van der Waals surface area (Å²) in [5.41, 5.74) is -9.22. The Balaban J connectivity index is 8.49. The standard InChI is InChI=1S/C8HF17O3S/c9-1(5(14,15)16,6(17,18)19)2(29(26,27)28,3(10,11)7(20,21)22)4(12,13)8(23,24)25/h(H,26,27,28). The van der Waals surface area contributed by atoms with Crippen molar-refractivity contribution in [2.24, 2.45) is 0 Å². The second kappa shape index (κ2) is 6.36. The van der Waals surface area contributed by atoms with E-state index in [1.54, 1.807) is 0 Å². The van der Waals surface area contributed by atoms with E-state index in [9.17, 15) is 83.1 Å². The topological polar surface area (TPSA) is 54.4 Å². The number of hydrogen-bond acceptors (Lipinski definition) is 2. The van der Waals surface area contributed by atoms with Crippen LogP contribution in [0.1, 0.15) is 0 Å². The molecule has 0 saturated carbocycles. The van der Waals surface area contributed by atoms with Crippen molar-refractivity contribution in [1.82, 2.24) is 0 Å². The summed E-state index contributed by atoms with van der Waals surface area (Å²) in [6, 6.07) is 0. The fourth-order valence-corrected chi connectivity index (χ4v) is 3.56. The fourth-order valence-electron chi connectivity index (χ4n) is 2.09. The molecule has 3 nitrogen and oxygen atoms in total. The highest BCUT2D eigenvalue weighted by molar-refractivity contribution is 7.87. The van der Waals surface area contributed by atoms with Crippen LogP contribution in [0.3, 0.4) is 0 Å². The lowest BCUT2D eigenvalue weighted by Crippen LogP contribution is -2.86. The summed E-state index contributed by atoms with van der Waals surface area (Å²) in [4.78, 5) is 0. The van der Waals surface area contributed by atoms with Crippen molar-refractivity contribution in [2.45, 2.75) is 47.0 Å². The van der Waals surface area contributed by atoms with Crippen LogP contribution >= 0.6 is 0 Å². The second-order valence-corrected chi connectivity index (χ2v) is 6.52. The summed E-state index contributed by atoms with van der Waals surface area (Å²) in [6.45, 7) is 0. The molecule has 176 valence electrons. The maximum Gasteiger partial charge on any atom is 0.455 e. The van der Waals surface area contributed by atoms with E-state index in [1.165, 1.54) is 0 Å². The molecule has 0 aromatic rings. The molecule has 0 aromatic carbocycles. The minimum absolute atomic E-state index is 8.16. The lowest BCUT2D eigenvalue weighted by molar-refractivity contribution is -0.436. The molecule has 0 aliphatic heterocycles. The van der Waals surface area contributed by atoms with Crippen LogP contribution in [0.4, 0.5) is 74.6 Å². The van der Waals surface area contributed by atoms with Crippen LogP contribution in [0, 0.1) is 0 Å². The van der Waals surface area contributed by atoms with Gasteiger partial charge in [0, 0.05) is 0 Å². The number of hydrogen-bond donors (Lipinski definition) is 1. The van der Waals surface area contributed by atoms with Gasteiger partial charge in [-0.2, -0.15) is 78.7 Å². The molecule has 0 spiro atoms. The quantitative estimate of drug-likeness (QED) is 0.444. The lowest BCUT2D eigenvalue weighted by atomic mass is 9.76. The largest absolute Gasteiger partial charge is 0.455 e. The predicted molar refractivity (Wildman–Crippen MR) is 52.2 cm³/mol. The Kier molecular flexibility index (Phi) is 6.08. The molecule has 0 aliphatic rings. The molecule has 0 rings (SSSR count). The van der Waals surface area contributed by atoms with Gasteiger partial charge in [-0.3, -0.25) is 4.55 Å². The Bertz CT molecular complexity index is 680. The van der Waals surface area contributed by atoms with Gasteiger partial charge in [-0.15, -0.1) is 0 Å². The molecule has 0 saturated heterocycles. The van der Waals surface area contributed by atoms with E-state index in [0.29, 0.717) is 0 Å². The summed E-state index contributed by atoms with van der Waals surface area (Å²) < 4.78 is 238. The summed E-state index contributed by atoms with van der Waals surface area (Å²) >= 11 is 0. The van der Waals surface area contributed by atoms with Crippen molar-refractivity contribution in [3.8, 4) is 0 Å². The first-order chi connectivity index (χ1) is 12.0. The molecule has 21 heteroatoms. The number of alkyl halides is 17. The highest BCUT2D eigenvalue weighted by Gasteiger charge is 3.04. The number of rotatable bonds is 4. The van der Waals surface area contributed by atoms with Gasteiger partial charge >= 0.3 is 42.2 Å². The van der Waals surface area contributed by atoms with E-state index in [1.807, 2.05) is 0 Å². The van der Waals surface area contributed by atoms with Gasteiger partial charge in [0.05, 0.1) is 0 Å². The van der Waals surface area contributed by atoms with Gasteiger partial charge in [-0.25, -0.2) is 4.39 Å². The molecule has 0 radical (unpaired) electrons. The van der Waals surface area contributed by atoms with E-state index >= 15 is 0 Å². The first-order valence-corrected chi connectivity index (χ1v) is 7.12. The van der Waals surface area contributed by atoms with Crippen molar-refractivity contribution in [3.63, 3.8) is 0 Å². The highest BCUT2D eigenvalue weighted by atomic mass is 32.2. The van der Waals surface area contributed by atoms with Gasteiger partial charge in [0.25, 0.3) is 14.9 Å². The normalized spacial score (nSPS) is 16.9. The average Bonchev–Trinajstić information content (AvgIpc) is 2.30. The number of halogens is 17. The van der Waals surface area contributed by atoms with Crippen LogP contribution in [0.25, 0.3) is 0 Å². The molecule has 0 aromatic heterocycles. The Labute approximate surface area is 146 Å². The van der Waals surface area contributed by atoms with Crippen LogP contribution < -0.4 is 0 Å². The third-order valence-electron chi connectivity index (χ3n) is 3.25. The Hall–Kier alpha value is -1.28. The van der Waals surface area contributed by atoms with Crippen LogP contribution in [-0.2, 0) is 10.1 Å². The third kappa shape index (κ3) is 3.26. The molecule has 0 unspecified atom stereocenters. The van der Waals surface area contributed by atoms with Crippen molar-refractivity contribution < 1.29 is 87.6 Å². The first kappa shape index (κ1) is 27.7. The molecular formula is C8HF17O3S. The van der Waals surface area contributed by atoms with E-state index in [4.69, 9.17) is 4.55 Å². The average molecular weight is 500 g/mol. The van der Waals surface area contributed by atoms with Crippen LogP contribution in [0.2, 0.25) is 0 Å². The van der Waals surface area contributed by atoms with Crippen LogP contribution in [0.5, 0.6) is 0 Å². The van der Waals surface area contributed by atoms with E-state index in [2.05, 4.69) is 0 Å². The van der Waals surface area contributed by atoms with E-state index in [-0.39, 0.29) is 0 Å². The predicted octanol–water partition coefficient (Wildman–Crippen LogP) is 4.84. The van der Waals surface area contributed by atoms with Gasteiger partial charge < -0.3 is 0 Å². The molecule has 0 heterocycles. The van der Waals surface area contributed by atoms with E-state index in [0.717, 1.165) is 0 Å². The molecule has 0 aliphatic carbocycles. The SMILES string of the molecule is O=S(=O)(O)C(C(F)(F)C(F)(F)F)(C(F)(F)C(F)(F)F)C(F)(C(F)(F)F)C(F)(F)F. The Morgan fingerprint density at radius 3 is 0.759 bits per heavy atom. The molecule has 0 fully saturated rings. The summed E-state index contributed by atoms with van der Waals surface area (Å²) in [7, 11) is -9.29. The van der Waals surface area contributed by atoms with Crippen LogP contribution in [0.15, 0.2) is 0 Å². The molecule has 1 N–H and O–H groups in total. The molecular weight excluding hydrogens is 499 g/mol. The zero-order valence-electron chi connectivity index (χ0n) is 12.1. The summed E-state index contributed by atoms with van der Waals surface area (Å²) in [6.07, 6.45) is -34.2. The highest BCUT2D eigenvalue weighted by Crippen LogP contribution is 2.69. The zero-order chi connectivity index (χ0) is 24.5. The van der Waals surface area contributed by atoms with Crippen LogP contribution in [-0.4, -0.2) is 59.9 Å². The fraction of sp³-hybridized carbons (Fsp3) is 1.00. The third-order valence-corrected chi connectivity index (χ3v) is 4.82. The van der Waals surface area contributed by atoms with Gasteiger partial charge in [0.1, 0.15) is 0 Å². The van der Waals surface area contributed by atoms with Gasteiger partial charge in [-0.1, -0.05) is 0 Å². The Morgan fingerprint density at radius 1 is 0.448 bits per heavy atom. The maximum absolute atomic E-state index is 13.9. The zero-order valence-corrected chi connectivity index (χ0v) is 12.9. The van der Waals surface area contributed by atoms with Gasteiger partial charge in [-0.05, 0) is 0 Å². The summed E-state index contributed by atoms with van der Waals surface area (Å²) in [5.74, 6) is -18.1. The molecule has 0 atom stereocenters. The second-order valence-electron chi connectivity index (χ2n) is 4.95. The van der Waals surface area contributed by atoms with Gasteiger partial charge in [0.2, 0.25) is 0 Å².